The SMILES string of the molecule is COCc1cccc(O)c1CC(=O)O. The van der Waals surface area contributed by atoms with Crippen molar-refractivity contribution >= 4 is 5.97 Å². The van der Waals surface area contributed by atoms with E-state index in [1.54, 1.807) is 12.1 Å². The quantitative estimate of drug-likeness (QED) is 0.758. The molecule has 0 spiro atoms. The molecule has 0 heterocycles. The molecule has 0 aliphatic carbocycles. The average Bonchev–Trinajstić information content (AvgIpc) is 2.11. The lowest BCUT2D eigenvalue weighted by Crippen LogP contribution is -2.04. The van der Waals surface area contributed by atoms with Crippen LogP contribution in [0.3, 0.4) is 0 Å². The van der Waals surface area contributed by atoms with Gasteiger partial charge in [0.2, 0.25) is 0 Å². The molecular weight excluding hydrogens is 184 g/mol. The number of benzene rings is 1. The number of carbonyl (C=O) groups is 1. The van der Waals surface area contributed by atoms with Crippen molar-refractivity contribution in [1.82, 2.24) is 0 Å². The van der Waals surface area contributed by atoms with Crippen LogP contribution in [0, 0.1) is 0 Å². The molecule has 76 valence electrons. The van der Waals surface area contributed by atoms with E-state index in [0.717, 1.165) is 0 Å². The molecular formula is C10H12O4. The standard InChI is InChI=1S/C10H12O4/c1-14-6-7-3-2-4-9(11)8(7)5-10(12)13/h2-4,11H,5-6H2,1H3,(H,12,13). The van der Waals surface area contributed by atoms with Crippen LogP contribution in [0.5, 0.6) is 5.75 Å². The predicted octanol–water partition coefficient (Wildman–Crippen LogP) is 1.17. The zero-order valence-electron chi connectivity index (χ0n) is 7.86. The van der Waals surface area contributed by atoms with Gasteiger partial charge in [-0.05, 0) is 11.6 Å². The minimum absolute atomic E-state index is 0.00181. The average molecular weight is 196 g/mol. The highest BCUT2D eigenvalue weighted by Gasteiger charge is 2.10. The number of carboxylic acid groups (broad SMARTS) is 1. The molecule has 0 saturated heterocycles. The van der Waals surface area contributed by atoms with E-state index in [4.69, 9.17) is 9.84 Å². The summed E-state index contributed by atoms with van der Waals surface area (Å²) in [5.41, 5.74) is 1.12. The molecule has 4 heteroatoms. The Labute approximate surface area is 81.8 Å². The Morgan fingerprint density at radius 3 is 2.79 bits per heavy atom. The van der Waals surface area contributed by atoms with Crippen LogP contribution in [0.25, 0.3) is 0 Å². The number of hydrogen-bond acceptors (Lipinski definition) is 3. The van der Waals surface area contributed by atoms with Gasteiger partial charge in [0.25, 0.3) is 0 Å². The van der Waals surface area contributed by atoms with Gasteiger partial charge in [-0.15, -0.1) is 0 Å². The number of rotatable bonds is 4. The van der Waals surface area contributed by atoms with Gasteiger partial charge in [-0.1, -0.05) is 12.1 Å². The zero-order valence-corrected chi connectivity index (χ0v) is 7.86. The molecule has 14 heavy (non-hydrogen) atoms. The summed E-state index contributed by atoms with van der Waals surface area (Å²) in [6, 6.07) is 4.87. The molecule has 1 aromatic rings. The maximum atomic E-state index is 10.5. The summed E-state index contributed by atoms with van der Waals surface area (Å²) in [5.74, 6) is -0.967. The van der Waals surface area contributed by atoms with Gasteiger partial charge < -0.3 is 14.9 Å². The Morgan fingerprint density at radius 2 is 2.21 bits per heavy atom. The Kier molecular flexibility index (Phi) is 3.48. The van der Waals surface area contributed by atoms with E-state index >= 15 is 0 Å². The van der Waals surface area contributed by atoms with Crippen LogP contribution in [0.2, 0.25) is 0 Å². The first kappa shape index (κ1) is 10.5. The van der Waals surface area contributed by atoms with Crippen molar-refractivity contribution in [1.29, 1.82) is 0 Å². The number of ether oxygens (including phenoxy) is 1. The summed E-state index contributed by atoms with van der Waals surface area (Å²) in [6.45, 7) is 0.303. The second kappa shape index (κ2) is 4.62. The summed E-state index contributed by atoms with van der Waals surface area (Å²) in [5, 5.41) is 18.1. The van der Waals surface area contributed by atoms with E-state index in [1.807, 2.05) is 0 Å². The number of aromatic hydroxyl groups is 1. The van der Waals surface area contributed by atoms with Crippen LogP contribution in [-0.4, -0.2) is 23.3 Å². The Hall–Kier alpha value is -1.55. The number of hydrogen-bond donors (Lipinski definition) is 2. The van der Waals surface area contributed by atoms with E-state index < -0.39 is 5.97 Å². The lowest BCUT2D eigenvalue weighted by atomic mass is 10.0. The maximum absolute atomic E-state index is 10.5. The number of methoxy groups -OCH3 is 1. The number of phenols is 1. The van der Waals surface area contributed by atoms with Crippen LogP contribution < -0.4 is 0 Å². The summed E-state index contributed by atoms with van der Waals surface area (Å²) in [7, 11) is 1.52. The third kappa shape index (κ3) is 2.47. The topological polar surface area (TPSA) is 66.8 Å². The van der Waals surface area contributed by atoms with Crippen molar-refractivity contribution in [2.24, 2.45) is 0 Å². The van der Waals surface area contributed by atoms with Crippen LogP contribution in [0.4, 0.5) is 0 Å². The fourth-order valence-corrected chi connectivity index (χ4v) is 1.27. The van der Waals surface area contributed by atoms with E-state index in [0.29, 0.717) is 17.7 Å². The van der Waals surface area contributed by atoms with Gasteiger partial charge in [0.1, 0.15) is 5.75 Å². The minimum atomic E-state index is -0.969. The lowest BCUT2D eigenvalue weighted by molar-refractivity contribution is -0.136. The highest BCUT2D eigenvalue weighted by Crippen LogP contribution is 2.22. The molecule has 0 atom stereocenters. The normalized spacial score (nSPS) is 10.1. The Balaban J connectivity index is 3.02. The fourth-order valence-electron chi connectivity index (χ4n) is 1.27. The molecule has 4 nitrogen and oxygen atoms in total. The molecule has 0 radical (unpaired) electrons. The van der Waals surface area contributed by atoms with Crippen LogP contribution >= 0.6 is 0 Å². The van der Waals surface area contributed by atoms with E-state index in [-0.39, 0.29) is 12.2 Å². The zero-order chi connectivity index (χ0) is 10.6. The highest BCUT2D eigenvalue weighted by atomic mass is 16.5. The highest BCUT2D eigenvalue weighted by molar-refractivity contribution is 5.72. The molecule has 0 fully saturated rings. The smallest absolute Gasteiger partial charge is 0.307 e. The summed E-state index contributed by atoms with van der Waals surface area (Å²) >= 11 is 0. The van der Waals surface area contributed by atoms with Crippen molar-refractivity contribution in [2.75, 3.05) is 7.11 Å². The molecule has 0 bridgehead atoms. The number of aliphatic carboxylic acids is 1. The Bertz CT molecular complexity index is 333. The second-order valence-corrected chi connectivity index (χ2v) is 2.92. The van der Waals surface area contributed by atoms with Crippen LogP contribution in [-0.2, 0) is 22.6 Å². The number of carboxylic acids is 1. The predicted molar refractivity (Wildman–Crippen MR) is 50.2 cm³/mol. The van der Waals surface area contributed by atoms with E-state index in [1.165, 1.54) is 13.2 Å². The molecule has 1 aromatic carbocycles. The van der Waals surface area contributed by atoms with Gasteiger partial charge in [0.15, 0.2) is 0 Å². The first-order valence-corrected chi connectivity index (χ1v) is 4.15. The molecule has 1 rings (SSSR count). The fraction of sp³-hybridized carbons (Fsp3) is 0.300. The van der Waals surface area contributed by atoms with Gasteiger partial charge in [0.05, 0.1) is 13.0 Å². The minimum Gasteiger partial charge on any atom is -0.508 e. The van der Waals surface area contributed by atoms with Gasteiger partial charge in [-0.25, -0.2) is 0 Å². The third-order valence-electron chi connectivity index (χ3n) is 1.88. The molecule has 2 N–H and O–H groups in total. The van der Waals surface area contributed by atoms with Gasteiger partial charge in [-0.2, -0.15) is 0 Å². The van der Waals surface area contributed by atoms with Gasteiger partial charge in [-0.3, -0.25) is 4.79 Å². The van der Waals surface area contributed by atoms with Gasteiger partial charge >= 0.3 is 5.97 Å². The van der Waals surface area contributed by atoms with E-state index in [2.05, 4.69) is 0 Å². The van der Waals surface area contributed by atoms with Crippen LogP contribution in [0.1, 0.15) is 11.1 Å². The van der Waals surface area contributed by atoms with E-state index in [9.17, 15) is 9.90 Å². The third-order valence-corrected chi connectivity index (χ3v) is 1.88. The largest absolute Gasteiger partial charge is 0.508 e. The Morgan fingerprint density at radius 1 is 1.50 bits per heavy atom. The molecule has 0 aromatic heterocycles. The maximum Gasteiger partial charge on any atom is 0.307 e. The summed E-state index contributed by atoms with van der Waals surface area (Å²) < 4.78 is 4.90. The monoisotopic (exact) mass is 196 g/mol. The molecule has 0 amide bonds. The van der Waals surface area contributed by atoms with Crippen molar-refractivity contribution in [2.45, 2.75) is 13.0 Å². The van der Waals surface area contributed by atoms with Crippen molar-refractivity contribution in [3.63, 3.8) is 0 Å². The first-order valence-electron chi connectivity index (χ1n) is 4.15. The molecule has 0 aliphatic rings. The second-order valence-electron chi connectivity index (χ2n) is 2.92. The number of phenolic OH excluding ortho intramolecular Hbond substituents is 1. The van der Waals surface area contributed by atoms with Gasteiger partial charge in [0, 0.05) is 12.7 Å². The van der Waals surface area contributed by atoms with Crippen molar-refractivity contribution < 1.29 is 19.7 Å². The van der Waals surface area contributed by atoms with Crippen LogP contribution in [0.15, 0.2) is 18.2 Å². The first-order chi connectivity index (χ1) is 6.65. The molecule has 0 saturated carbocycles. The lowest BCUT2D eigenvalue weighted by Gasteiger charge is -2.08. The summed E-state index contributed by atoms with van der Waals surface area (Å²) in [6.07, 6.45) is -0.189. The van der Waals surface area contributed by atoms with Crippen molar-refractivity contribution in [3.8, 4) is 5.75 Å². The summed E-state index contributed by atoms with van der Waals surface area (Å²) in [4.78, 5) is 10.5. The molecule has 0 aliphatic heterocycles. The molecule has 0 unspecified atom stereocenters. The van der Waals surface area contributed by atoms with Crippen molar-refractivity contribution in [3.05, 3.63) is 29.3 Å².